The minimum atomic E-state index is -5.08. The molecule has 12 heteroatoms. The lowest BCUT2D eigenvalue weighted by atomic mass is 9.84. The number of carbonyl (C=O) groups is 2. The maximum absolute atomic E-state index is 12.2. The number of halogens is 3. The van der Waals surface area contributed by atoms with Crippen molar-refractivity contribution in [3.8, 4) is 0 Å². The number of benzene rings is 1. The molecule has 1 spiro atoms. The van der Waals surface area contributed by atoms with Gasteiger partial charge in [-0.1, -0.05) is 29.3 Å². The first kappa shape index (κ1) is 26.5. The third-order valence-electron chi connectivity index (χ3n) is 6.33. The lowest BCUT2D eigenvalue weighted by molar-refractivity contribution is -0.192. The zero-order valence-corrected chi connectivity index (χ0v) is 20.2. The number of hydrogen-bond acceptors (Lipinski definition) is 6. The van der Waals surface area contributed by atoms with Crippen LogP contribution in [0.3, 0.4) is 0 Å². The van der Waals surface area contributed by atoms with Crippen molar-refractivity contribution in [2.75, 3.05) is 26.7 Å². The van der Waals surface area contributed by atoms with E-state index in [1.807, 2.05) is 6.92 Å². The highest BCUT2D eigenvalue weighted by Gasteiger charge is 2.45. The summed E-state index contributed by atoms with van der Waals surface area (Å²) in [6, 6.07) is 6.77. The molecule has 1 amide bonds. The summed E-state index contributed by atoms with van der Waals surface area (Å²) >= 11 is 0. The molecule has 1 saturated heterocycles. The fourth-order valence-corrected chi connectivity index (χ4v) is 4.96. The molecule has 2 aliphatic rings. The zero-order chi connectivity index (χ0) is 26.0. The molecule has 35 heavy (non-hydrogen) atoms. The summed E-state index contributed by atoms with van der Waals surface area (Å²) in [5.74, 6) is -0.966. The van der Waals surface area contributed by atoms with E-state index in [-0.39, 0.29) is 11.6 Å². The molecule has 0 atom stereocenters. The molecule has 0 radical (unpaired) electrons. The van der Waals surface area contributed by atoms with E-state index in [2.05, 4.69) is 51.7 Å². The molecule has 1 aromatic carbocycles. The number of carboxylic acids is 1. The molecular formula is C23H30F3N5O4. The molecular weight excluding hydrogens is 467 g/mol. The van der Waals surface area contributed by atoms with Crippen LogP contribution >= 0.6 is 0 Å². The third-order valence-corrected chi connectivity index (χ3v) is 6.33. The fraction of sp³-hybridized carbons (Fsp3) is 0.565. The van der Waals surface area contributed by atoms with Crippen LogP contribution in [0.15, 0.2) is 18.2 Å². The van der Waals surface area contributed by atoms with E-state index < -0.39 is 12.1 Å². The molecule has 192 valence electrons. The average Bonchev–Trinajstić information content (AvgIpc) is 3.15. The van der Waals surface area contributed by atoms with Crippen LogP contribution in [0.2, 0.25) is 0 Å². The molecule has 4 rings (SSSR count). The molecule has 2 aliphatic heterocycles. The van der Waals surface area contributed by atoms with Crippen LogP contribution in [0.25, 0.3) is 0 Å². The van der Waals surface area contributed by atoms with Crippen molar-refractivity contribution in [2.24, 2.45) is 0 Å². The van der Waals surface area contributed by atoms with Gasteiger partial charge in [-0.3, -0.25) is 9.80 Å². The normalized spacial score (nSPS) is 17.4. The molecule has 1 N–H and O–H groups in total. The average molecular weight is 498 g/mol. The van der Waals surface area contributed by atoms with Gasteiger partial charge < -0.3 is 14.4 Å². The Kier molecular flexibility index (Phi) is 7.73. The third kappa shape index (κ3) is 6.11. The number of carbonyl (C=O) groups excluding carboxylic acids is 1. The Balaban J connectivity index is 0.000000429. The number of hydrogen-bond donors (Lipinski definition) is 1. The van der Waals surface area contributed by atoms with Crippen LogP contribution < -0.4 is 0 Å². The molecule has 0 unspecified atom stereocenters. The Bertz CT molecular complexity index is 1060. The summed E-state index contributed by atoms with van der Waals surface area (Å²) in [5, 5.41) is 15.7. The Labute approximate surface area is 201 Å². The molecule has 0 aliphatic carbocycles. The van der Waals surface area contributed by atoms with Crippen molar-refractivity contribution in [1.82, 2.24) is 24.6 Å². The highest BCUT2D eigenvalue weighted by molar-refractivity contribution is 5.73. The monoisotopic (exact) mass is 497 g/mol. The first-order valence-electron chi connectivity index (χ1n) is 11.2. The van der Waals surface area contributed by atoms with Gasteiger partial charge in [-0.15, -0.1) is 10.2 Å². The summed E-state index contributed by atoms with van der Waals surface area (Å²) in [7, 11) is 1.44. The Hall–Kier alpha value is -3.15. The predicted molar refractivity (Wildman–Crippen MR) is 120 cm³/mol. The van der Waals surface area contributed by atoms with E-state index in [1.165, 1.54) is 23.8 Å². The molecule has 0 saturated carbocycles. The standard InChI is InChI=1S/C21H29N5O2.C2HF3O2/c1-15-9-16(2)11-18(10-15)12-24-7-5-21(6-8-24)14-25(20(27)28-4)13-19-23-22-17(3)26(19)21;3-2(4,5)1(6)7/h9-11H,5-8,12-14H2,1-4H3;(H,6,7). The quantitative estimate of drug-likeness (QED) is 0.679. The summed E-state index contributed by atoms with van der Waals surface area (Å²) in [6.07, 6.45) is -3.43. The largest absolute Gasteiger partial charge is 0.490 e. The lowest BCUT2D eigenvalue weighted by Gasteiger charge is -2.48. The number of aryl methyl sites for hydroxylation is 3. The van der Waals surface area contributed by atoms with Crippen molar-refractivity contribution in [3.63, 3.8) is 0 Å². The van der Waals surface area contributed by atoms with Gasteiger partial charge in [0.2, 0.25) is 0 Å². The summed E-state index contributed by atoms with van der Waals surface area (Å²) in [5.41, 5.74) is 3.85. The van der Waals surface area contributed by atoms with E-state index in [1.54, 1.807) is 4.90 Å². The summed E-state index contributed by atoms with van der Waals surface area (Å²) in [6.45, 7) is 10.4. The molecule has 1 aromatic heterocycles. The fourth-order valence-electron chi connectivity index (χ4n) is 4.96. The maximum atomic E-state index is 12.2. The Morgan fingerprint density at radius 3 is 2.17 bits per heavy atom. The summed E-state index contributed by atoms with van der Waals surface area (Å²) < 4.78 is 39.0. The van der Waals surface area contributed by atoms with E-state index >= 15 is 0 Å². The van der Waals surface area contributed by atoms with E-state index in [4.69, 9.17) is 14.6 Å². The van der Waals surface area contributed by atoms with Crippen molar-refractivity contribution < 1.29 is 32.6 Å². The van der Waals surface area contributed by atoms with Crippen molar-refractivity contribution in [2.45, 2.75) is 58.4 Å². The first-order chi connectivity index (χ1) is 16.3. The maximum Gasteiger partial charge on any atom is 0.490 e. The summed E-state index contributed by atoms with van der Waals surface area (Å²) in [4.78, 5) is 25.4. The molecule has 0 bridgehead atoms. The number of nitrogens with zero attached hydrogens (tertiary/aromatic N) is 5. The van der Waals surface area contributed by atoms with E-state index in [9.17, 15) is 18.0 Å². The number of piperidine rings is 1. The molecule has 2 aromatic rings. The van der Waals surface area contributed by atoms with Gasteiger partial charge in [0.05, 0.1) is 19.2 Å². The number of rotatable bonds is 2. The van der Waals surface area contributed by atoms with Gasteiger partial charge in [0.25, 0.3) is 0 Å². The second-order valence-electron chi connectivity index (χ2n) is 9.12. The number of likely N-dealkylation sites (tertiary alicyclic amines) is 1. The highest BCUT2D eigenvalue weighted by atomic mass is 19.4. The zero-order valence-electron chi connectivity index (χ0n) is 20.2. The van der Waals surface area contributed by atoms with Crippen molar-refractivity contribution in [1.29, 1.82) is 0 Å². The van der Waals surface area contributed by atoms with Crippen LogP contribution in [-0.2, 0) is 28.2 Å². The lowest BCUT2D eigenvalue weighted by Crippen LogP contribution is -2.57. The number of ether oxygens (including phenoxy) is 1. The van der Waals surface area contributed by atoms with Gasteiger partial charge in [-0.05, 0) is 39.2 Å². The number of alkyl halides is 3. The minimum Gasteiger partial charge on any atom is -0.475 e. The molecule has 9 nitrogen and oxygen atoms in total. The van der Waals surface area contributed by atoms with E-state index in [0.717, 1.165) is 44.1 Å². The van der Waals surface area contributed by atoms with Crippen molar-refractivity contribution in [3.05, 3.63) is 46.5 Å². The number of methoxy groups -OCH3 is 1. The number of aliphatic carboxylic acids is 1. The van der Waals surface area contributed by atoms with Crippen LogP contribution in [0.4, 0.5) is 18.0 Å². The topological polar surface area (TPSA) is 101 Å². The molecule has 3 heterocycles. The van der Waals surface area contributed by atoms with Gasteiger partial charge in [0, 0.05) is 26.2 Å². The Morgan fingerprint density at radius 1 is 1.09 bits per heavy atom. The van der Waals surface area contributed by atoms with Crippen LogP contribution in [0.5, 0.6) is 0 Å². The predicted octanol–water partition coefficient (Wildman–Crippen LogP) is 3.41. The second-order valence-corrected chi connectivity index (χ2v) is 9.12. The van der Waals surface area contributed by atoms with Gasteiger partial charge in [-0.2, -0.15) is 13.2 Å². The number of aromatic nitrogens is 3. The van der Waals surface area contributed by atoms with Crippen molar-refractivity contribution >= 4 is 12.1 Å². The smallest absolute Gasteiger partial charge is 0.475 e. The SMILES string of the molecule is COC(=O)N1Cc2nnc(C)n2C2(CCN(Cc3cc(C)cc(C)c3)CC2)C1.O=C(O)C(F)(F)F. The van der Waals surface area contributed by atoms with Crippen LogP contribution in [-0.4, -0.2) is 74.7 Å². The number of amides is 1. The van der Waals surface area contributed by atoms with Crippen LogP contribution in [0.1, 0.15) is 41.2 Å². The van der Waals surface area contributed by atoms with Gasteiger partial charge in [0.15, 0.2) is 5.82 Å². The molecule has 1 fully saturated rings. The minimum absolute atomic E-state index is 0.144. The van der Waals surface area contributed by atoms with Crippen LogP contribution in [0, 0.1) is 20.8 Å². The van der Waals surface area contributed by atoms with Gasteiger partial charge in [0.1, 0.15) is 5.82 Å². The van der Waals surface area contributed by atoms with Gasteiger partial charge >= 0.3 is 18.2 Å². The number of carboxylic acid groups (broad SMARTS) is 1. The Morgan fingerprint density at radius 2 is 1.66 bits per heavy atom. The number of fused-ring (bicyclic) bond motifs is 2. The van der Waals surface area contributed by atoms with Gasteiger partial charge in [-0.25, -0.2) is 9.59 Å². The highest BCUT2D eigenvalue weighted by Crippen LogP contribution is 2.37. The second kappa shape index (κ2) is 10.2. The first-order valence-corrected chi connectivity index (χ1v) is 11.2. The van der Waals surface area contributed by atoms with E-state index in [0.29, 0.717) is 13.1 Å².